The van der Waals surface area contributed by atoms with Gasteiger partial charge in [-0.3, -0.25) is 9.38 Å². The molecule has 0 N–H and O–H groups in total. The van der Waals surface area contributed by atoms with Gasteiger partial charge in [0.1, 0.15) is 11.3 Å². The van der Waals surface area contributed by atoms with E-state index in [1.165, 1.54) is 39.1 Å². The molecule has 0 fully saturated rings. The van der Waals surface area contributed by atoms with Crippen molar-refractivity contribution in [1.29, 1.82) is 0 Å². The van der Waals surface area contributed by atoms with E-state index in [-0.39, 0.29) is 0 Å². The van der Waals surface area contributed by atoms with Crippen molar-refractivity contribution in [2.24, 2.45) is 0 Å². The van der Waals surface area contributed by atoms with E-state index >= 15 is 0 Å². The van der Waals surface area contributed by atoms with Crippen molar-refractivity contribution >= 4 is 27.6 Å². The van der Waals surface area contributed by atoms with Crippen molar-refractivity contribution in [3.8, 4) is 22.4 Å². The highest BCUT2D eigenvalue weighted by atomic mass is 15.1. The zero-order valence-electron chi connectivity index (χ0n) is 16.6. The molecule has 2 aromatic carbocycles. The largest absolute Gasteiger partial charge is 0.279 e. The van der Waals surface area contributed by atoms with Gasteiger partial charge in [0.05, 0.1) is 16.9 Å². The second-order valence-electron chi connectivity index (χ2n) is 8.52. The van der Waals surface area contributed by atoms with Crippen LogP contribution in [0.5, 0.6) is 0 Å². The van der Waals surface area contributed by atoms with Crippen LogP contribution in [0.3, 0.4) is 0 Å². The number of nitrogens with zero attached hydrogens (tertiary/aromatic N) is 4. The predicted octanol–water partition coefficient (Wildman–Crippen LogP) is 5.57. The minimum Gasteiger partial charge on any atom is -0.279 e. The second kappa shape index (κ2) is 5.35. The van der Waals surface area contributed by atoms with Gasteiger partial charge in [0.2, 0.25) is 0 Å². The molecule has 0 unspecified atom stereocenters. The molecule has 0 bridgehead atoms. The van der Waals surface area contributed by atoms with E-state index < -0.39 is 0 Å². The van der Waals surface area contributed by atoms with E-state index in [9.17, 15) is 0 Å². The quantitative estimate of drug-likeness (QED) is 0.315. The summed E-state index contributed by atoms with van der Waals surface area (Å²) in [6, 6.07) is 21.7. The summed E-state index contributed by atoms with van der Waals surface area (Å²) in [7, 11) is 0. The highest BCUT2D eigenvalue weighted by Crippen LogP contribution is 2.45. The van der Waals surface area contributed by atoms with Gasteiger partial charge in [-0.25, -0.2) is 9.97 Å². The highest BCUT2D eigenvalue weighted by Gasteiger charge is 2.30. The number of benzene rings is 2. The van der Waals surface area contributed by atoms with E-state index in [4.69, 9.17) is 9.97 Å². The first-order chi connectivity index (χ1) is 15.4. The van der Waals surface area contributed by atoms with Gasteiger partial charge in [0.15, 0.2) is 0 Å². The molecule has 4 heteroatoms. The van der Waals surface area contributed by atoms with Gasteiger partial charge in [-0.2, -0.15) is 0 Å². The van der Waals surface area contributed by atoms with Crippen molar-refractivity contribution < 1.29 is 0 Å². The Morgan fingerprint density at radius 1 is 0.645 bits per heavy atom. The Morgan fingerprint density at radius 2 is 1.45 bits per heavy atom. The minimum absolute atomic E-state index is 0.882. The molecule has 0 saturated carbocycles. The van der Waals surface area contributed by atoms with E-state index in [0.717, 1.165) is 46.1 Å². The minimum atomic E-state index is 0.882. The fourth-order valence-corrected chi connectivity index (χ4v) is 5.58. The Kier molecular flexibility index (Phi) is 2.72. The summed E-state index contributed by atoms with van der Waals surface area (Å²) in [4.78, 5) is 14.6. The molecular weight excluding hydrogens is 380 g/mol. The summed E-state index contributed by atoms with van der Waals surface area (Å²) in [5, 5.41) is 2.14. The average Bonchev–Trinajstić information content (AvgIpc) is 3.47. The third kappa shape index (κ3) is 1.88. The lowest BCUT2D eigenvalue weighted by Gasteiger charge is -2.09. The lowest BCUT2D eigenvalue weighted by Crippen LogP contribution is -1.98. The lowest BCUT2D eigenvalue weighted by atomic mass is 9.99. The van der Waals surface area contributed by atoms with Crippen LogP contribution in [0.15, 0.2) is 73.1 Å². The number of hydrogen-bond acceptors (Lipinski definition) is 3. The van der Waals surface area contributed by atoms with Crippen LogP contribution >= 0.6 is 0 Å². The Labute approximate surface area is 177 Å². The number of pyridine rings is 3. The van der Waals surface area contributed by atoms with Crippen LogP contribution in [-0.2, 0) is 12.8 Å². The Morgan fingerprint density at radius 3 is 2.39 bits per heavy atom. The van der Waals surface area contributed by atoms with Gasteiger partial charge < -0.3 is 0 Å². The maximum atomic E-state index is 5.18. The zero-order chi connectivity index (χ0) is 20.1. The van der Waals surface area contributed by atoms with E-state index in [2.05, 4.69) is 57.9 Å². The number of imidazole rings is 1. The lowest BCUT2D eigenvalue weighted by molar-refractivity contribution is 1.07. The molecule has 8 rings (SSSR count). The molecule has 0 saturated heterocycles. The average molecular weight is 396 g/mol. The van der Waals surface area contributed by atoms with Gasteiger partial charge in [0.25, 0.3) is 0 Å². The monoisotopic (exact) mass is 396 g/mol. The van der Waals surface area contributed by atoms with Crippen LogP contribution in [0.4, 0.5) is 0 Å². The fraction of sp³-hybridized carbons (Fsp3) is 0.0741. The summed E-state index contributed by atoms with van der Waals surface area (Å²) >= 11 is 0. The normalized spacial score (nSPS) is 13.5. The van der Waals surface area contributed by atoms with Crippen molar-refractivity contribution in [1.82, 2.24) is 19.4 Å². The first-order valence-electron chi connectivity index (χ1n) is 10.6. The van der Waals surface area contributed by atoms with Crippen LogP contribution in [0.2, 0.25) is 0 Å². The van der Waals surface area contributed by atoms with Crippen LogP contribution in [0.25, 0.3) is 50.0 Å². The number of fused-ring (bicyclic) bond motifs is 13. The second-order valence-corrected chi connectivity index (χ2v) is 8.52. The summed E-state index contributed by atoms with van der Waals surface area (Å²) in [6.45, 7) is 0. The summed E-state index contributed by atoms with van der Waals surface area (Å²) in [6.07, 6.45) is 5.60. The molecule has 2 aliphatic carbocycles. The summed E-state index contributed by atoms with van der Waals surface area (Å²) in [5.41, 5.74) is 13.4. The van der Waals surface area contributed by atoms with Gasteiger partial charge in [-0.15, -0.1) is 0 Å². The molecule has 6 aromatic rings. The molecule has 31 heavy (non-hydrogen) atoms. The standard InChI is InChI=1S/C27H16N4/c1-2-6-18-15(5-1)11-16-12-17-13-23-25(22(17)14-21(16)18)30-27-20-8-3-9-28-24(20)19-7-4-10-29-26(19)31(23)27/h1-10,12,14H,11,13H2. The Hall–Kier alpha value is -4.05. The highest BCUT2D eigenvalue weighted by molar-refractivity contribution is 6.09. The molecule has 4 heterocycles. The maximum absolute atomic E-state index is 5.18. The van der Waals surface area contributed by atoms with E-state index in [1.807, 2.05) is 24.5 Å². The molecule has 0 spiro atoms. The predicted molar refractivity (Wildman–Crippen MR) is 122 cm³/mol. The molecule has 0 atom stereocenters. The van der Waals surface area contributed by atoms with Crippen LogP contribution in [-0.4, -0.2) is 19.4 Å². The SMILES string of the molecule is c1ccc2c(c1)Cc1cc3c(cc1-2)-c1nc2c4cccnc4c4cccnc4n2c1C3. The van der Waals surface area contributed by atoms with Crippen LogP contribution in [0, 0.1) is 0 Å². The first-order valence-corrected chi connectivity index (χ1v) is 10.6. The van der Waals surface area contributed by atoms with Gasteiger partial charge in [-0.05, 0) is 64.6 Å². The Balaban J connectivity index is 1.48. The molecule has 0 aliphatic heterocycles. The third-order valence-corrected chi connectivity index (χ3v) is 6.91. The third-order valence-electron chi connectivity index (χ3n) is 6.91. The van der Waals surface area contributed by atoms with Crippen molar-refractivity contribution in [2.75, 3.05) is 0 Å². The van der Waals surface area contributed by atoms with Crippen LogP contribution < -0.4 is 0 Å². The van der Waals surface area contributed by atoms with Gasteiger partial charge in [0, 0.05) is 35.2 Å². The van der Waals surface area contributed by atoms with Crippen molar-refractivity contribution in [3.63, 3.8) is 0 Å². The first kappa shape index (κ1) is 15.7. The molecule has 0 radical (unpaired) electrons. The van der Waals surface area contributed by atoms with Crippen molar-refractivity contribution in [3.05, 3.63) is 95.4 Å². The number of rotatable bonds is 0. The molecule has 4 nitrogen and oxygen atoms in total. The summed E-state index contributed by atoms with van der Waals surface area (Å²) in [5.74, 6) is 0. The van der Waals surface area contributed by atoms with Crippen molar-refractivity contribution in [2.45, 2.75) is 12.8 Å². The fourth-order valence-electron chi connectivity index (χ4n) is 5.58. The van der Waals surface area contributed by atoms with Gasteiger partial charge in [-0.1, -0.05) is 30.3 Å². The van der Waals surface area contributed by atoms with Gasteiger partial charge >= 0.3 is 0 Å². The number of aromatic nitrogens is 4. The zero-order valence-corrected chi connectivity index (χ0v) is 16.6. The maximum Gasteiger partial charge on any atom is 0.148 e. The van der Waals surface area contributed by atoms with E-state index in [1.54, 1.807) is 0 Å². The molecule has 4 aromatic heterocycles. The Bertz CT molecular complexity index is 1740. The molecule has 0 amide bonds. The molecule has 2 aliphatic rings. The van der Waals surface area contributed by atoms with E-state index in [0.29, 0.717) is 0 Å². The summed E-state index contributed by atoms with van der Waals surface area (Å²) < 4.78 is 2.26. The van der Waals surface area contributed by atoms with Crippen LogP contribution in [0.1, 0.15) is 22.4 Å². The smallest absolute Gasteiger partial charge is 0.148 e. The molecule has 144 valence electrons. The topological polar surface area (TPSA) is 43.1 Å². The number of hydrogen-bond donors (Lipinski definition) is 0. The molecular formula is C27H16N4.